The van der Waals surface area contributed by atoms with Crippen LogP contribution in [0.15, 0.2) is 53.3 Å². The molecule has 0 saturated carbocycles. The van der Waals surface area contributed by atoms with Crippen LogP contribution in [0.2, 0.25) is 0 Å². The maximum Gasteiger partial charge on any atom is 0.387 e. The Bertz CT molecular complexity index is 1110. The zero-order valence-corrected chi connectivity index (χ0v) is 14.3. The number of nitrogens with one attached hydrogen (secondary N) is 1. The van der Waals surface area contributed by atoms with E-state index >= 15 is 0 Å². The normalized spacial score (nSPS) is 10.8. The van der Waals surface area contributed by atoms with Crippen molar-refractivity contribution in [3.05, 3.63) is 64.6 Å². The summed E-state index contributed by atoms with van der Waals surface area (Å²) in [5.41, 5.74) is 4.55. The quantitative estimate of drug-likeness (QED) is 0.667. The number of anilines is 1. The number of nitrogens with two attached hydrogens (primary N) is 1. The van der Waals surface area contributed by atoms with Gasteiger partial charge in [0.1, 0.15) is 12.3 Å². The van der Waals surface area contributed by atoms with Gasteiger partial charge in [-0.3, -0.25) is 14.4 Å². The molecule has 0 saturated heterocycles. The highest BCUT2D eigenvalue weighted by atomic mass is 19.3. The first-order valence-electron chi connectivity index (χ1n) is 8.00. The Kier molecular flexibility index (Phi) is 5.30. The third-order valence-corrected chi connectivity index (χ3v) is 3.77. The number of nitrogens with zero attached hydrogens (tertiary/aromatic N) is 2. The fourth-order valence-electron chi connectivity index (χ4n) is 2.62. The molecule has 3 aromatic rings. The maximum atomic E-state index is 12.5. The molecule has 2 aromatic carbocycles. The zero-order valence-electron chi connectivity index (χ0n) is 14.3. The monoisotopic (exact) mass is 388 g/mol. The smallest absolute Gasteiger partial charge is 0.387 e. The summed E-state index contributed by atoms with van der Waals surface area (Å²) in [5.74, 6) is -1.82. The van der Waals surface area contributed by atoms with Crippen LogP contribution in [0.3, 0.4) is 0 Å². The van der Waals surface area contributed by atoms with Crippen LogP contribution in [0.25, 0.3) is 10.8 Å². The number of rotatable bonds is 6. The van der Waals surface area contributed by atoms with Crippen LogP contribution in [0, 0.1) is 0 Å². The minimum absolute atomic E-state index is 0.00300. The van der Waals surface area contributed by atoms with Gasteiger partial charge in [-0.1, -0.05) is 30.3 Å². The number of alkyl halides is 2. The van der Waals surface area contributed by atoms with Crippen LogP contribution < -0.4 is 21.3 Å². The molecular formula is C18H14F2N4O4. The predicted molar refractivity (Wildman–Crippen MR) is 96.2 cm³/mol. The molecule has 0 radical (unpaired) electrons. The average Bonchev–Trinajstić information content (AvgIpc) is 2.65. The second-order valence-corrected chi connectivity index (χ2v) is 5.64. The van der Waals surface area contributed by atoms with Crippen molar-refractivity contribution in [1.82, 2.24) is 9.78 Å². The Hall–Kier alpha value is -3.82. The highest BCUT2D eigenvalue weighted by Gasteiger charge is 2.17. The van der Waals surface area contributed by atoms with Gasteiger partial charge < -0.3 is 15.8 Å². The number of hydrogen-bond acceptors (Lipinski definition) is 5. The SMILES string of the molecule is NC(=O)c1nn(CC(=O)Nc2ccccc2OC(F)F)c(=O)c2ccccc12. The van der Waals surface area contributed by atoms with Gasteiger partial charge in [0.15, 0.2) is 5.69 Å². The number of para-hydroxylation sites is 2. The summed E-state index contributed by atoms with van der Waals surface area (Å²) >= 11 is 0. The summed E-state index contributed by atoms with van der Waals surface area (Å²) in [4.78, 5) is 36.5. The summed E-state index contributed by atoms with van der Waals surface area (Å²) < 4.78 is 30.1. The number of amides is 2. The van der Waals surface area contributed by atoms with Gasteiger partial charge in [-0.25, -0.2) is 4.68 Å². The van der Waals surface area contributed by atoms with E-state index in [1.54, 1.807) is 12.1 Å². The van der Waals surface area contributed by atoms with Crippen LogP contribution in [0.4, 0.5) is 14.5 Å². The molecule has 0 atom stereocenters. The van der Waals surface area contributed by atoms with Crippen molar-refractivity contribution in [2.24, 2.45) is 5.73 Å². The molecule has 2 amide bonds. The first kappa shape index (κ1) is 19.0. The fraction of sp³-hybridized carbons (Fsp3) is 0.111. The lowest BCUT2D eigenvalue weighted by Gasteiger charge is -2.12. The van der Waals surface area contributed by atoms with Crippen molar-refractivity contribution in [2.45, 2.75) is 13.2 Å². The van der Waals surface area contributed by atoms with E-state index in [1.807, 2.05) is 0 Å². The summed E-state index contributed by atoms with van der Waals surface area (Å²) in [6.45, 7) is -3.63. The summed E-state index contributed by atoms with van der Waals surface area (Å²) in [5, 5.41) is 6.68. The molecule has 10 heteroatoms. The number of fused-ring (bicyclic) bond motifs is 1. The Morgan fingerprint density at radius 1 is 1.11 bits per heavy atom. The fourth-order valence-corrected chi connectivity index (χ4v) is 2.62. The number of ether oxygens (including phenoxy) is 1. The molecule has 3 rings (SSSR count). The zero-order chi connectivity index (χ0) is 20.3. The molecular weight excluding hydrogens is 374 g/mol. The highest BCUT2D eigenvalue weighted by molar-refractivity contribution is 6.04. The molecule has 1 heterocycles. The Labute approximate surface area is 156 Å². The minimum Gasteiger partial charge on any atom is -0.433 e. The van der Waals surface area contributed by atoms with Gasteiger partial charge in [0.25, 0.3) is 11.5 Å². The molecule has 0 bridgehead atoms. The molecule has 0 fully saturated rings. The molecule has 3 N–H and O–H groups in total. The third kappa shape index (κ3) is 3.95. The van der Waals surface area contributed by atoms with Gasteiger partial charge in [0.05, 0.1) is 11.1 Å². The minimum atomic E-state index is -3.07. The van der Waals surface area contributed by atoms with E-state index in [0.29, 0.717) is 0 Å². The number of carbonyl (C=O) groups excluding carboxylic acids is 2. The third-order valence-electron chi connectivity index (χ3n) is 3.77. The molecule has 28 heavy (non-hydrogen) atoms. The summed E-state index contributed by atoms with van der Waals surface area (Å²) in [6, 6.07) is 11.8. The van der Waals surface area contributed by atoms with Crippen molar-refractivity contribution in [3.63, 3.8) is 0 Å². The first-order valence-corrected chi connectivity index (χ1v) is 8.00. The van der Waals surface area contributed by atoms with Crippen LogP contribution in [0.5, 0.6) is 5.75 Å². The lowest BCUT2D eigenvalue weighted by Crippen LogP contribution is -2.32. The van der Waals surface area contributed by atoms with Gasteiger partial charge >= 0.3 is 6.61 Å². The van der Waals surface area contributed by atoms with Crippen molar-refractivity contribution in [3.8, 4) is 5.75 Å². The van der Waals surface area contributed by atoms with E-state index in [0.717, 1.165) is 4.68 Å². The van der Waals surface area contributed by atoms with E-state index < -0.39 is 30.5 Å². The van der Waals surface area contributed by atoms with E-state index in [1.165, 1.54) is 36.4 Å². The standard InChI is InChI=1S/C18H14F2N4O4/c19-18(20)28-13-8-4-3-7-12(13)22-14(25)9-24-17(27)11-6-2-1-5-10(11)15(23-24)16(21)26/h1-8,18H,9H2,(H2,21,26)(H,22,25). The number of primary amides is 1. The van der Waals surface area contributed by atoms with Crippen molar-refractivity contribution in [2.75, 3.05) is 5.32 Å². The number of halogens is 2. The van der Waals surface area contributed by atoms with E-state index in [9.17, 15) is 23.2 Å². The number of carbonyl (C=O) groups is 2. The maximum absolute atomic E-state index is 12.5. The molecule has 0 aliphatic rings. The highest BCUT2D eigenvalue weighted by Crippen LogP contribution is 2.25. The average molecular weight is 388 g/mol. The molecule has 0 aliphatic heterocycles. The molecule has 144 valence electrons. The molecule has 1 aromatic heterocycles. The summed E-state index contributed by atoms with van der Waals surface area (Å²) in [6.07, 6.45) is 0. The number of benzene rings is 2. The van der Waals surface area contributed by atoms with Gasteiger partial charge in [0, 0.05) is 5.39 Å². The van der Waals surface area contributed by atoms with Crippen LogP contribution in [-0.2, 0) is 11.3 Å². The topological polar surface area (TPSA) is 116 Å². The van der Waals surface area contributed by atoms with Crippen molar-refractivity contribution in [1.29, 1.82) is 0 Å². The Morgan fingerprint density at radius 3 is 2.43 bits per heavy atom. The van der Waals surface area contributed by atoms with E-state index in [4.69, 9.17) is 5.73 Å². The molecule has 0 aliphatic carbocycles. The predicted octanol–water partition coefficient (Wildman–Crippen LogP) is 1.74. The second kappa shape index (κ2) is 7.82. The van der Waals surface area contributed by atoms with Gasteiger partial charge in [-0.05, 0) is 18.2 Å². The van der Waals surface area contributed by atoms with Crippen LogP contribution in [0.1, 0.15) is 10.5 Å². The van der Waals surface area contributed by atoms with Crippen molar-refractivity contribution < 1.29 is 23.1 Å². The van der Waals surface area contributed by atoms with Crippen LogP contribution >= 0.6 is 0 Å². The Balaban J connectivity index is 1.91. The molecule has 0 unspecified atom stereocenters. The lowest BCUT2D eigenvalue weighted by atomic mass is 10.1. The van der Waals surface area contributed by atoms with E-state index in [2.05, 4.69) is 15.2 Å². The van der Waals surface area contributed by atoms with Crippen molar-refractivity contribution >= 4 is 28.3 Å². The Morgan fingerprint density at radius 2 is 1.75 bits per heavy atom. The van der Waals surface area contributed by atoms with Gasteiger partial charge in [0.2, 0.25) is 5.91 Å². The largest absolute Gasteiger partial charge is 0.433 e. The first-order chi connectivity index (χ1) is 13.4. The molecule has 0 spiro atoms. The van der Waals surface area contributed by atoms with Gasteiger partial charge in [-0.15, -0.1) is 0 Å². The van der Waals surface area contributed by atoms with Gasteiger partial charge in [-0.2, -0.15) is 13.9 Å². The van der Waals surface area contributed by atoms with E-state index in [-0.39, 0.29) is 27.9 Å². The lowest BCUT2D eigenvalue weighted by molar-refractivity contribution is -0.117. The van der Waals surface area contributed by atoms with Crippen LogP contribution in [-0.4, -0.2) is 28.2 Å². The summed E-state index contributed by atoms with van der Waals surface area (Å²) in [7, 11) is 0. The molecule has 8 nitrogen and oxygen atoms in total. The number of aromatic nitrogens is 2. The second-order valence-electron chi connectivity index (χ2n) is 5.64. The number of hydrogen-bond donors (Lipinski definition) is 2.